The Labute approximate surface area is 121 Å². The maximum Gasteiger partial charge on any atom is 0.0911 e. The number of aryl methyl sites for hydroxylation is 1. The monoisotopic (exact) mass is 281 g/mol. The van der Waals surface area contributed by atoms with Gasteiger partial charge in [-0.15, -0.1) is 0 Å². The van der Waals surface area contributed by atoms with Gasteiger partial charge in [0, 0.05) is 37.4 Å². The smallest absolute Gasteiger partial charge is 0.0911 e. The Kier molecular flexibility index (Phi) is 5.54. The van der Waals surface area contributed by atoms with E-state index in [4.69, 9.17) is 10.6 Å². The quantitative estimate of drug-likeness (QED) is 0.599. The van der Waals surface area contributed by atoms with Crippen LogP contribution in [0.4, 0.5) is 0 Å². The van der Waals surface area contributed by atoms with Crippen LogP contribution in [-0.4, -0.2) is 46.5 Å². The molecule has 2 rings (SSSR count). The molecule has 2 heterocycles. The molecule has 1 aliphatic rings. The van der Waals surface area contributed by atoms with Crippen LogP contribution >= 0.6 is 0 Å². The summed E-state index contributed by atoms with van der Waals surface area (Å²) in [5.74, 6) is 5.75. The number of nitrogens with zero attached hydrogens (tertiary/aromatic N) is 3. The van der Waals surface area contributed by atoms with Gasteiger partial charge in [0.15, 0.2) is 0 Å². The number of nitrogens with one attached hydrogen (secondary N) is 1. The standard InChI is InChI=1S/C14H27N5O/c1-4-5-19-9-12(8-16-19)14(17-15)13-10-18(11(2)3)6-7-20-13/h8-9,11,13-14,17H,4-7,10,15H2,1-3H3. The van der Waals surface area contributed by atoms with Crippen molar-refractivity contribution in [3.63, 3.8) is 0 Å². The average molecular weight is 281 g/mol. The van der Waals surface area contributed by atoms with Crippen LogP contribution in [0.2, 0.25) is 0 Å². The van der Waals surface area contributed by atoms with E-state index in [2.05, 4.69) is 42.4 Å². The van der Waals surface area contributed by atoms with Gasteiger partial charge in [-0.25, -0.2) is 0 Å². The molecule has 1 aromatic rings. The van der Waals surface area contributed by atoms with E-state index >= 15 is 0 Å². The lowest BCUT2D eigenvalue weighted by Crippen LogP contribution is -2.51. The number of morpholine rings is 1. The predicted octanol–water partition coefficient (Wildman–Crippen LogP) is 0.907. The van der Waals surface area contributed by atoms with Crippen LogP contribution in [0.3, 0.4) is 0 Å². The minimum atomic E-state index is -0.0119. The first-order chi connectivity index (χ1) is 9.65. The van der Waals surface area contributed by atoms with Crippen LogP contribution in [0.5, 0.6) is 0 Å². The summed E-state index contributed by atoms with van der Waals surface area (Å²) in [6, 6.07) is 0.518. The van der Waals surface area contributed by atoms with Crippen molar-refractivity contribution in [2.45, 2.75) is 51.9 Å². The fraction of sp³-hybridized carbons (Fsp3) is 0.786. The van der Waals surface area contributed by atoms with Crippen molar-refractivity contribution in [2.24, 2.45) is 5.84 Å². The zero-order chi connectivity index (χ0) is 14.5. The van der Waals surface area contributed by atoms with Gasteiger partial charge in [0.25, 0.3) is 0 Å². The van der Waals surface area contributed by atoms with Crippen molar-refractivity contribution >= 4 is 0 Å². The van der Waals surface area contributed by atoms with Crippen LogP contribution in [-0.2, 0) is 11.3 Å². The summed E-state index contributed by atoms with van der Waals surface area (Å²) in [5.41, 5.74) is 3.99. The molecule has 2 unspecified atom stereocenters. The van der Waals surface area contributed by atoms with Gasteiger partial charge in [-0.2, -0.15) is 5.10 Å². The second-order valence-corrected chi connectivity index (χ2v) is 5.68. The van der Waals surface area contributed by atoms with Crippen molar-refractivity contribution in [3.8, 4) is 0 Å². The van der Waals surface area contributed by atoms with Crippen LogP contribution in [0, 0.1) is 0 Å². The van der Waals surface area contributed by atoms with E-state index < -0.39 is 0 Å². The molecule has 0 saturated carbocycles. The molecule has 0 radical (unpaired) electrons. The van der Waals surface area contributed by atoms with E-state index in [1.807, 2.05) is 10.9 Å². The van der Waals surface area contributed by atoms with E-state index in [-0.39, 0.29) is 12.1 Å². The van der Waals surface area contributed by atoms with Gasteiger partial charge < -0.3 is 4.74 Å². The fourth-order valence-corrected chi connectivity index (χ4v) is 2.68. The van der Waals surface area contributed by atoms with Gasteiger partial charge in [0.1, 0.15) is 0 Å². The first-order valence-corrected chi connectivity index (χ1v) is 7.49. The highest BCUT2D eigenvalue weighted by Crippen LogP contribution is 2.22. The first kappa shape index (κ1) is 15.4. The van der Waals surface area contributed by atoms with Crippen LogP contribution in [0.25, 0.3) is 0 Å². The Hall–Kier alpha value is -0.950. The Balaban J connectivity index is 2.06. The van der Waals surface area contributed by atoms with Gasteiger partial charge in [-0.1, -0.05) is 6.92 Å². The molecule has 6 nitrogen and oxygen atoms in total. The minimum absolute atomic E-state index is 0.0119. The molecule has 0 bridgehead atoms. The van der Waals surface area contributed by atoms with E-state index in [1.165, 1.54) is 0 Å². The largest absolute Gasteiger partial charge is 0.374 e. The van der Waals surface area contributed by atoms with E-state index in [0.29, 0.717) is 6.04 Å². The highest BCUT2D eigenvalue weighted by atomic mass is 16.5. The molecular formula is C14H27N5O. The summed E-state index contributed by atoms with van der Waals surface area (Å²) < 4.78 is 7.87. The number of aromatic nitrogens is 2. The Morgan fingerprint density at radius 1 is 1.55 bits per heavy atom. The molecule has 3 N–H and O–H groups in total. The molecule has 6 heteroatoms. The van der Waals surface area contributed by atoms with Gasteiger partial charge in [-0.3, -0.25) is 20.9 Å². The highest BCUT2D eigenvalue weighted by molar-refractivity contribution is 5.13. The SMILES string of the molecule is CCCn1cc(C(NN)C2CN(C(C)C)CCO2)cn1. The number of hydrogen-bond acceptors (Lipinski definition) is 5. The molecule has 0 spiro atoms. The second kappa shape index (κ2) is 7.17. The molecule has 1 fully saturated rings. The number of hydrogen-bond donors (Lipinski definition) is 2. The first-order valence-electron chi connectivity index (χ1n) is 7.49. The van der Waals surface area contributed by atoms with Crippen LogP contribution < -0.4 is 11.3 Å². The van der Waals surface area contributed by atoms with E-state index in [1.54, 1.807) is 0 Å². The third kappa shape index (κ3) is 3.58. The van der Waals surface area contributed by atoms with Gasteiger partial charge in [0.2, 0.25) is 0 Å². The van der Waals surface area contributed by atoms with Crippen molar-refractivity contribution in [1.82, 2.24) is 20.1 Å². The molecule has 0 aliphatic carbocycles. The third-order valence-corrected chi connectivity index (χ3v) is 3.87. The minimum Gasteiger partial charge on any atom is -0.374 e. The summed E-state index contributed by atoms with van der Waals surface area (Å²) in [6.07, 6.45) is 5.09. The molecule has 1 saturated heterocycles. The highest BCUT2D eigenvalue weighted by Gasteiger charge is 2.30. The number of ether oxygens (including phenoxy) is 1. The zero-order valence-corrected chi connectivity index (χ0v) is 12.7. The van der Waals surface area contributed by atoms with Crippen molar-refractivity contribution in [2.75, 3.05) is 19.7 Å². The Morgan fingerprint density at radius 2 is 2.35 bits per heavy atom. The molecule has 0 amide bonds. The molecule has 0 aromatic carbocycles. The number of rotatable bonds is 6. The van der Waals surface area contributed by atoms with E-state index in [9.17, 15) is 0 Å². The summed E-state index contributed by atoms with van der Waals surface area (Å²) in [5, 5.41) is 4.38. The Bertz CT molecular complexity index is 406. The van der Waals surface area contributed by atoms with Gasteiger partial charge in [-0.05, 0) is 20.3 Å². The van der Waals surface area contributed by atoms with Crippen LogP contribution in [0.1, 0.15) is 38.8 Å². The lowest BCUT2D eigenvalue weighted by Gasteiger charge is -2.38. The maximum atomic E-state index is 5.91. The predicted molar refractivity (Wildman–Crippen MR) is 79.0 cm³/mol. The zero-order valence-electron chi connectivity index (χ0n) is 12.7. The van der Waals surface area contributed by atoms with Crippen LogP contribution in [0.15, 0.2) is 12.4 Å². The normalized spacial score (nSPS) is 22.4. The van der Waals surface area contributed by atoms with Gasteiger partial charge in [0.05, 0.1) is 24.9 Å². The lowest BCUT2D eigenvalue weighted by molar-refractivity contribution is -0.0561. The van der Waals surface area contributed by atoms with Crippen molar-refractivity contribution < 1.29 is 4.74 Å². The molecule has 114 valence electrons. The molecular weight excluding hydrogens is 254 g/mol. The van der Waals surface area contributed by atoms with Gasteiger partial charge >= 0.3 is 0 Å². The molecule has 1 aliphatic heterocycles. The molecule has 20 heavy (non-hydrogen) atoms. The summed E-state index contributed by atoms with van der Waals surface area (Å²) in [7, 11) is 0. The molecule has 1 aromatic heterocycles. The number of hydrazine groups is 1. The summed E-state index contributed by atoms with van der Waals surface area (Å²) in [6.45, 7) is 10.1. The number of nitrogens with two attached hydrogens (primary N) is 1. The topological polar surface area (TPSA) is 68.3 Å². The van der Waals surface area contributed by atoms with Crippen molar-refractivity contribution in [1.29, 1.82) is 0 Å². The average Bonchev–Trinajstić information content (AvgIpc) is 2.89. The lowest BCUT2D eigenvalue weighted by atomic mass is 10.0. The van der Waals surface area contributed by atoms with Crippen molar-refractivity contribution in [3.05, 3.63) is 18.0 Å². The Morgan fingerprint density at radius 3 is 3.00 bits per heavy atom. The summed E-state index contributed by atoms with van der Waals surface area (Å²) in [4.78, 5) is 2.43. The maximum absolute atomic E-state index is 5.91. The fourth-order valence-electron chi connectivity index (χ4n) is 2.68. The molecule has 2 atom stereocenters. The van der Waals surface area contributed by atoms with E-state index in [0.717, 1.165) is 38.2 Å². The third-order valence-electron chi connectivity index (χ3n) is 3.87. The summed E-state index contributed by atoms with van der Waals surface area (Å²) >= 11 is 0. The second-order valence-electron chi connectivity index (χ2n) is 5.68.